The number of nitrogens with zero attached hydrogens (tertiary/aromatic N) is 1. The quantitative estimate of drug-likeness (QED) is 0.744. The van der Waals surface area contributed by atoms with E-state index in [1.807, 2.05) is 32.6 Å². The van der Waals surface area contributed by atoms with Crippen LogP contribution in [-0.2, 0) is 4.79 Å². The summed E-state index contributed by atoms with van der Waals surface area (Å²) in [6.07, 6.45) is 9.02. The molecule has 128 valence electrons. The molecule has 1 fully saturated rings. The first kappa shape index (κ1) is 22.7. The van der Waals surface area contributed by atoms with Gasteiger partial charge in [0.15, 0.2) is 0 Å². The van der Waals surface area contributed by atoms with Gasteiger partial charge in [-0.2, -0.15) is 0 Å². The van der Waals surface area contributed by atoms with Crippen LogP contribution in [0.25, 0.3) is 0 Å². The second kappa shape index (κ2) is 17.5. The highest BCUT2D eigenvalue weighted by atomic mass is 16.2. The molecule has 0 saturated heterocycles. The van der Waals surface area contributed by atoms with Gasteiger partial charge < -0.3 is 10.2 Å². The molecule has 1 aliphatic rings. The van der Waals surface area contributed by atoms with Crippen molar-refractivity contribution in [3.8, 4) is 0 Å². The molecule has 1 amide bonds. The molecule has 0 aromatic carbocycles. The van der Waals surface area contributed by atoms with Crippen molar-refractivity contribution in [2.45, 2.75) is 92.5 Å². The second-order valence-electron chi connectivity index (χ2n) is 5.15. The van der Waals surface area contributed by atoms with Crippen LogP contribution in [0.3, 0.4) is 0 Å². The lowest BCUT2D eigenvalue weighted by Crippen LogP contribution is -2.40. The van der Waals surface area contributed by atoms with Crippen LogP contribution in [0.2, 0.25) is 0 Å². The Balaban J connectivity index is 0. The molecule has 1 rings (SSSR count). The number of hydrogen-bond acceptors (Lipinski definition) is 2. The first-order valence-corrected chi connectivity index (χ1v) is 9.23. The summed E-state index contributed by atoms with van der Waals surface area (Å²) in [6, 6.07) is 0.698. The zero-order valence-corrected chi connectivity index (χ0v) is 15.5. The molecule has 3 nitrogen and oxygen atoms in total. The monoisotopic (exact) mass is 300 g/mol. The van der Waals surface area contributed by atoms with Crippen molar-refractivity contribution in [2.24, 2.45) is 0 Å². The molecule has 0 atom stereocenters. The zero-order chi connectivity index (χ0) is 16.5. The molecule has 1 saturated carbocycles. The van der Waals surface area contributed by atoms with E-state index >= 15 is 0 Å². The van der Waals surface area contributed by atoms with Crippen LogP contribution >= 0.6 is 0 Å². The molecule has 0 aliphatic heterocycles. The summed E-state index contributed by atoms with van der Waals surface area (Å²) in [4.78, 5) is 13.4. The van der Waals surface area contributed by atoms with Crippen LogP contribution in [0.15, 0.2) is 0 Å². The molecular weight excluding hydrogens is 260 g/mol. The standard InChI is InChI=1S/C14H28N2O.2C2H6/c1-3-4-11-16(13(2)17)12-10-15-14-8-6-5-7-9-14;2*1-2/h14-15H,3-12H2,1-2H3;2*1-2H3. The molecule has 1 N–H and O–H groups in total. The van der Waals surface area contributed by atoms with Gasteiger partial charge in [-0.05, 0) is 19.3 Å². The molecule has 0 aromatic heterocycles. The smallest absolute Gasteiger partial charge is 0.219 e. The van der Waals surface area contributed by atoms with Crippen molar-refractivity contribution < 1.29 is 4.79 Å². The zero-order valence-electron chi connectivity index (χ0n) is 15.5. The molecule has 21 heavy (non-hydrogen) atoms. The molecule has 1 aliphatic carbocycles. The van der Waals surface area contributed by atoms with E-state index < -0.39 is 0 Å². The van der Waals surface area contributed by atoms with E-state index in [9.17, 15) is 4.79 Å². The van der Waals surface area contributed by atoms with E-state index in [-0.39, 0.29) is 5.91 Å². The summed E-state index contributed by atoms with van der Waals surface area (Å²) < 4.78 is 0. The first-order valence-electron chi connectivity index (χ1n) is 9.23. The van der Waals surface area contributed by atoms with Crippen molar-refractivity contribution in [2.75, 3.05) is 19.6 Å². The summed E-state index contributed by atoms with van der Waals surface area (Å²) >= 11 is 0. The normalized spacial score (nSPS) is 14.4. The molecular formula is C18H40N2O. The third-order valence-corrected chi connectivity index (χ3v) is 3.65. The molecule has 0 unspecified atom stereocenters. The summed E-state index contributed by atoms with van der Waals surface area (Å²) in [6.45, 7) is 14.6. The van der Waals surface area contributed by atoms with Gasteiger partial charge in [0.2, 0.25) is 5.91 Å². The Morgan fingerprint density at radius 1 is 1.05 bits per heavy atom. The maximum Gasteiger partial charge on any atom is 0.219 e. The van der Waals surface area contributed by atoms with Gasteiger partial charge >= 0.3 is 0 Å². The minimum Gasteiger partial charge on any atom is -0.342 e. The number of unbranched alkanes of at least 4 members (excludes halogenated alkanes) is 1. The van der Waals surface area contributed by atoms with Crippen LogP contribution in [0.1, 0.15) is 86.5 Å². The lowest BCUT2D eigenvalue weighted by Gasteiger charge is -2.26. The van der Waals surface area contributed by atoms with Gasteiger partial charge in [0.25, 0.3) is 0 Å². The fraction of sp³-hybridized carbons (Fsp3) is 0.944. The van der Waals surface area contributed by atoms with Crippen LogP contribution < -0.4 is 5.32 Å². The molecule has 0 aromatic rings. The number of carbonyl (C=O) groups is 1. The third kappa shape index (κ3) is 12.9. The maximum atomic E-state index is 11.4. The highest BCUT2D eigenvalue weighted by Crippen LogP contribution is 2.16. The fourth-order valence-corrected chi connectivity index (χ4v) is 2.49. The number of rotatable bonds is 7. The molecule has 0 bridgehead atoms. The van der Waals surface area contributed by atoms with Crippen molar-refractivity contribution in [3.05, 3.63) is 0 Å². The van der Waals surface area contributed by atoms with Gasteiger partial charge in [0, 0.05) is 32.6 Å². The van der Waals surface area contributed by atoms with Gasteiger partial charge in [-0.1, -0.05) is 60.3 Å². The molecule has 3 heteroatoms. The Hall–Kier alpha value is -0.570. The average molecular weight is 301 g/mol. The second-order valence-corrected chi connectivity index (χ2v) is 5.15. The minimum atomic E-state index is 0.212. The van der Waals surface area contributed by atoms with Crippen molar-refractivity contribution in [3.63, 3.8) is 0 Å². The molecule has 0 heterocycles. The van der Waals surface area contributed by atoms with Crippen molar-refractivity contribution >= 4 is 5.91 Å². The van der Waals surface area contributed by atoms with E-state index in [0.717, 1.165) is 32.5 Å². The van der Waals surface area contributed by atoms with Crippen LogP contribution in [0, 0.1) is 0 Å². The van der Waals surface area contributed by atoms with E-state index in [4.69, 9.17) is 0 Å². The van der Waals surface area contributed by atoms with Gasteiger partial charge in [-0.15, -0.1) is 0 Å². The molecule has 0 radical (unpaired) electrons. The lowest BCUT2D eigenvalue weighted by atomic mass is 9.95. The Bertz CT molecular complexity index is 213. The number of carbonyl (C=O) groups excluding carboxylic acids is 1. The highest BCUT2D eigenvalue weighted by molar-refractivity contribution is 5.73. The van der Waals surface area contributed by atoms with Gasteiger partial charge in [0.05, 0.1) is 0 Å². The van der Waals surface area contributed by atoms with Crippen molar-refractivity contribution in [1.29, 1.82) is 0 Å². The molecule has 0 spiro atoms. The average Bonchev–Trinajstić information content (AvgIpc) is 2.55. The Morgan fingerprint density at radius 2 is 1.62 bits per heavy atom. The number of nitrogens with one attached hydrogen (secondary N) is 1. The van der Waals surface area contributed by atoms with E-state index in [1.54, 1.807) is 6.92 Å². The summed E-state index contributed by atoms with van der Waals surface area (Å²) in [5, 5.41) is 3.59. The number of amides is 1. The van der Waals surface area contributed by atoms with Gasteiger partial charge in [-0.3, -0.25) is 4.79 Å². The summed E-state index contributed by atoms with van der Waals surface area (Å²) in [5.41, 5.74) is 0. The Kier molecular flexibility index (Phi) is 18.9. The maximum absolute atomic E-state index is 11.4. The van der Waals surface area contributed by atoms with Crippen LogP contribution in [-0.4, -0.2) is 36.5 Å². The number of hydrogen-bond donors (Lipinski definition) is 1. The van der Waals surface area contributed by atoms with E-state index in [2.05, 4.69) is 12.2 Å². The third-order valence-electron chi connectivity index (χ3n) is 3.65. The minimum absolute atomic E-state index is 0.212. The summed E-state index contributed by atoms with van der Waals surface area (Å²) in [5.74, 6) is 0.212. The van der Waals surface area contributed by atoms with E-state index in [1.165, 1.54) is 32.1 Å². The highest BCUT2D eigenvalue weighted by Gasteiger charge is 2.13. The predicted molar refractivity (Wildman–Crippen MR) is 94.7 cm³/mol. The van der Waals surface area contributed by atoms with Gasteiger partial charge in [-0.25, -0.2) is 0 Å². The largest absolute Gasteiger partial charge is 0.342 e. The van der Waals surface area contributed by atoms with Gasteiger partial charge in [0.1, 0.15) is 0 Å². The SMILES string of the molecule is CC.CC.CCCCN(CCNC1CCCCC1)C(C)=O. The van der Waals surface area contributed by atoms with Crippen LogP contribution in [0.4, 0.5) is 0 Å². The first-order chi connectivity index (χ1) is 10.2. The van der Waals surface area contributed by atoms with Crippen LogP contribution in [0.5, 0.6) is 0 Å². The summed E-state index contributed by atoms with van der Waals surface area (Å²) in [7, 11) is 0. The fourth-order valence-electron chi connectivity index (χ4n) is 2.49. The lowest BCUT2D eigenvalue weighted by molar-refractivity contribution is -0.128. The van der Waals surface area contributed by atoms with E-state index in [0.29, 0.717) is 6.04 Å². The Morgan fingerprint density at radius 3 is 2.10 bits per heavy atom. The predicted octanol–water partition coefficient (Wildman–Crippen LogP) is 4.61. The Labute approximate surface area is 133 Å². The topological polar surface area (TPSA) is 32.3 Å². The van der Waals surface area contributed by atoms with Crippen molar-refractivity contribution in [1.82, 2.24) is 10.2 Å².